The van der Waals surface area contributed by atoms with E-state index in [1.165, 1.54) is 0 Å². The molecule has 4 heteroatoms. The van der Waals surface area contributed by atoms with Crippen LogP contribution in [0.3, 0.4) is 0 Å². The second kappa shape index (κ2) is 5.53. The highest BCUT2D eigenvalue weighted by molar-refractivity contribution is 7.94. The van der Waals surface area contributed by atoms with Crippen LogP contribution < -0.4 is 0 Å². The van der Waals surface area contributed by atoms with Gasteiger partial charge in [0, 0.05) is 0 Å². The van der Waals surface area contributed by atoms with Crippen molar-refractivity contribution in [3.05, 3.63) is 64.4 Å². The zero-order valence-electron chi connectivity index (χ0n) is 12.8. The molecule has 0 radical (unpaired) electrons. The molecule has 21 heavy (non-hydrogen) atoms. The molecule has 2 rings (SSSR count). The molecule has 0 aliphatic heterocycles. The molecule has 2 aromatic carbocycles. The second-order valence-electron chi connectivity index (χ2n) is 6.18. The molecule has 0 heterocycles. The lowest BCUT2D eigenvalue weighted by Gasteiger charge is -2.24. The van der Waals surface area contributed by atoms with Crippen LogP contribution in [-0.4, -0.2) is 8.42 Å². The summed E-state index contributed by atoms with van der Waals surface area (Å²) in [5.74, 6) is 0. The third kappa shape index (κ3) is 3.85. The van der Waals surface area contributed by atoms with Gasteiger partial charge in [-0.15, -0.1) is 5.69 Å². The van der Waals surface area contributed by atoms with E-state index in [1.807, 2.05) is 19.1 Å². The van der Waals surface area contributed by atoms with Gasteiger partial charge < -0.3 is 4.72 Å². The predicted octanol–water partition coefficient (Wildman–Crippen LogP) is 4.69. The summed E-state index contributed by atoms with van der Waals surface area (Å²) in [6.45, 7) is 8.26. The molecule has 0 amide bonds. The highest BCUT2D eigenvalue weighted by Gasteiger charge is 2.12. The maximum absolute atomic E-state index is 12.2. The summed E-state index contributed by atoms with van der Waals surface area (Å²) in [7, 11) is -3.65. The third-order valence-corrected chi connectivity index (χ3v) is 4.60. The molecular weight excluding hydrogens is 282 g/mol. The van der Waals surface area contributed by atoms with Crippen LogP contribution in [0, 0.1) is 6.92 Å². The highest BCUT2D eigenvalue weighted by Crippen LogP contribution is 2.30. The second-order valence-corrected chi connectivity index (χ2v) is 7.78. The van der Waals surface area contributed by atoms with Gasteiger partial charge in [0.05, 0.1) is 4.90 Å². The van der Waals surface area contributed by atoms with Crippen molar-refractivity contribution in [2.45, 2.75) is 38.0 Å². The largest absolute Gasteiger partial charge is 0.573 e. The number of aryl methyl sites for hydroxylation is 1. The average molecular weight is 302 g/mol. The SMILES string of the molecule is Cc1ccc(S(=O)(=O)[N-]c2ccc(C(C)(C)C)cc2)cc1. The fourth-order valence-corrected chi connectivity index (χ4v) is 2.91. The molecule has 3 nitrogen and oxygen atoms in total. The normalized spacial score (nSPS) is 12.2. The van der Waals surface area contributed by atoms with Crippen LogP contribution >= 0.6 is 0 Å². The number of rotatable bonds is 3. The minimum Gasteiger partial charge on any atom is -0.573 e. The monoisotopic (exact) mass is 302 g/mol. The van der Waals surface area contributed by atoms with Crippen LogP contribution in [0.4, 0.5) is 5.69 Å². The van der Waals surface area contributed by atoms with E-state index in [2.05, 4.69) is 25.5 Å². The average Bonchev–Trinajstić information content (AvgIpc) is 2.38. The number of sulfonamides is 1. The zero-order chi connectivity index (χ0) is 15.7. The van der Waals surface area contributed by atoms with E-state index in [9.17, 15) is 8.42 Å². The van der Waals surface area contributed by atoms with Crippen molar-refractivity contribution in [3.8, 4) is 0 Å². The molecule has 0 saturated carbocycles. The number of hydrogen-bond acceptors (Lipinski definition) is 2. The summed E-state index contributed by atoms with van der Waals surface area (Å²) in [5.41, 5.74) is 2.65. The Kier molecular flexibility index (Phi) is 4.10. The quantitative estimate of drug-likeness (QED) is 0.826. The first-order valence-corrected chi connectivity index (χ1v) is 8.28. The van der Waals surface area contributed by atoms with E-state index in [-0.39, 0.29) is 10.3 Å². The van der Waals surface area contributed by atoms with E-state index in [1.54, 1.807) is 36.4 Å². The van der Waals surface area contributed by atoms with Gasteiger partial charge in [-0.25, -0.2) is 8.42 Å². The van der Waals surface area contributed by atoms with E-state index in [0.29, 0.717) is 5.69 Å². The lowest BCUT2D eigenvalue weighted by atomic mass is 9.87. The minimum atomic E-state index is -3.65. The molecule has 0 aliphatic carbocycles. The maximum Gasteiger partial charge on any atom is 0.123 e. The molecular formula is C17H20NO2S-. The van der Waals surface area contributed by atoms with Crippen LogP contribution in [0.15, 0.2) is 53.4 Å². The van der Waals surface area contributed by atoms with Gasteiger partial charge in [-0.05, 0) is 30.0 Å². The Labute approximate surface area is 127 Å². The van der Waals surface area contributed by atoms with E-state index in [0.717, 1.165) is 11.1 Å². The summed E-state index contributed by atoms with van der Waals surface area (Å²) in [6.07, 6.45) is 0. The van der Waals surface area contributed by atoms with Crippen molar-refractivity contribution in [1.82, 2.24) is 0 Å². The Hall–Kier alpha value is -1.81. The highest BCUT2D eigenvalue weighted by atomic mass is 32.2. The van der Waals surface area contributed by atoms with Crippen molar-refractivity contribution >= 4 is 15.7 Å². The van der Waals surface area contributed by atoms with E-state index >= 15 is 0 Å². The predicted molar refractivity (Wildman–Crippen MR) is 86.5 cm³/mol. The van der Waals surface area contributed by atoms with Gasteiger partial charge in [-0.3, -0.25) is 0 Å². The lowest BCUT2D eigenvalue weighted by molar-refractivity contribution is 0.590. The molecule has 0 saturated heterocycles. The van der Waals surface area contributed by atoms with Crippen molar-refractivity contribution in [2.75, 3.05) is 0 Å². The first-order chi connectivity index (χ1) is 9.68. The van der Waals surface area contributed by atoms with Gasteiger partial charge in [-0.1, -0.05) is 62.7 Å². The van der Waals surface area contributed by atoms with Gasteiger partial charge in [-0.2, -0.15) is 0 Å². The first kappa shape index (κ1) is 15.6. The summed E-state index contributed by atoms with van der Waals surface area (Å²) in [6, 6.07) is 14.0. The smallest absolute Gasteiger partial charge is 0.123 e. The maximum atomic E-state index is 12.2. The van der Waals surface area contributed by atoms with Crippen LogP contribution in [0.25, 0.3) is 4.72 Å². The van der Waals surface area contributed by atoms with Crippen LogP contribution in [-0.2, 0) is 15.4 Å². The third-order valence-electron chi connectivity index (χ3n) is 3.28. The Morgan fingerprint density at radius 2 is 1.38 bits per heavy atom. The molecule has 0 spiro atoms. The van der Waals surface area contributed by atoms with Crippen molar-refractivity contribution < 1.29 is 8.42 Å². The van der Waals surface area contributed by atoms with Crippen LogP contribution in [0.1, 0.15) is 31.9 Å². The molecule has 0 N–H and O–H groups in total. The molecule has 2 aromatic rings. The number of nitrogens with zero attached hydrogens (tertiary/aromatic N) is 1. The molecule has 0 bridgehead atoms. The molecule has 0 aromatic heterocycles. The summed E-state index contributed by atoms with van der Waals surface area (Å²) in [4.78, 5) is 0.216. The lowest BCUT2D eigenvalue weighted by Crippen LogP contribution is -2.10. The Morgan fingerprint density at radius 3 is 1.86 bits per heavy atom. The zero-order valence-corrected chi connectivity index (χ0v) is 13.6. The molecule has 0 fully saturated rings. The Morgan fingerprint density at radius 1 is 0.857 bits per heavy atom. The summed E-state index contributed by atoms with van der Waals surface area (Å²) >= 11 is 0. The van der Waals surface area contributed by atoms with Crippen molar-refractivity contribution in [2.24, 2.45) is 0 Å². The standard InChI is InChI=1S/C17H20NO2S/c1-13-5-11-16(12-6-13)21(19,20)18-15-9-7-14(8-10-15)17(2,3)4/h5-12H,1-4H3/q-1. The molecule has 0 aliphatic rings. The van der Waals surface area contributed by atoms with Gasteiger partial charge in [0.1, 0.15) is 10.0 Å². The van der Waals surface area contributed by atoms with E-state index in [4.69, 9.17) is 0 Å². The summed E-state index contributed by atoms with van der Waals surface area (Å²) < 4.78 is 28.3. The van der Waals surface area contributed by atoms with E-state index < -0.39 is 10.0 Å². The van der Waals surface area contributed by atoms with Gasteiger partial charge >= 0.3 is 0 Å². The Balaban J connectivity index is 2.23. The van der Waals surface area contributed by atoms with Gasteiger partial charge in [0.15, 0.2) is 0 Å². The molecule has 0 atom stereocenters. The van der Waals surface area contributed by atoms with Crippen molar-refractivity contribution in [1.29, 1.82) is 0 Å². The number of hydrogen-bond donors (Lipinski definition) is 0. The van der Waals surface area contributed by atoms with Gasteiger partial charge in [0.25, 0.3) is 0 Å². The van der Waals surface area contributed by atoms with Crippen LogP contribution in [0.5, 0.6) is 0 Å². The van der Waals surface area contributed by atoms with Gasteiger partial charge in [0.2, 0.25) is 0 Å². The first-order valence-electron chi connectivity index (χ1n) is 6.84. The minimum absolute atomic E-state index is 0.0361. The number of benzene rings is 2. The van der Waals surface area contributed by atoms with Crippen molar-refractivity contribution in [3.63, 3.8) is 0 Å². The molecule has 0 unspecified atom stereocenters. The summed E-state index contributed by atoms with van der Waals surface area (Å²) in [5, 5.41) is 0. The van der Waals surface area contributed by atoms with Crippen LogP contribution in [0.2, 0.25) is 0 Å². The fraction of sp³-hybridized carbons (Fsp3) is 0.294. The topological polar surface area (TPSA) is 48.2 Å². The fourth-order valence-electron chi connectivity index (χ4n) is 1.92. The molecule has 112 valence electrons. The Bertz CT molecular complexity index is 709.